The summed E-state index contributed by atoms with van der Waals surface area (Å²) in [5.74, 6) is 0.709. The molecule has 72 valence electrons. The first-order valence-electron chi connectivity index (χ1n) is 3.97. The van der Waals surface area contributed by atoms with Gasteiger partial charge >= 0.3 is 0 Å². The molecule has 13 heavy (non-hydrogen) atoms. The molecule has 0 heterocycles. The number of nitrogens with zero attached hydrogens (tertiary/aromatic N) is 1. The van der Waals surface area contributed by atoms with Crippen molar-refractivity contribution < 1.29 is 9.84 Å². The van der Waals surface area contributed by atoms with Crippen molar-refractivity contribution in [1.29, 1.82) is 0 Å². The van der Waals surface area contributed by atoms with Gasteiger partial charge in [-0.05, 0) is 24.3 Å². The van der Waals surface area contributed by atoms with Gasteiger partial charge in [-0.15, -0.1) is 0 Å². The van der Waals surface area contributed by atoms with Gasteiger partial charge in [-0.25, -0.2) is 0 Å². The lowest BCUT2D eigenvalue weighted by Gasteiger charge is -2.29. The van der Waals surface area contributed by atoms with Gasteiger partial charge < -0.3 is 20.1 Å². The second kappa shape index (κ2) is 4.69. The Morgan fingerprint density at radius 3 is 2.46 bits per heavy atom. The van der Waals surface area contributed by atoms with Gasteiger partial charge in [0.15, 0.2) is 0 Å². The van der Waals surface area contributed by atoms with Crippen LogP contribution in [-0.4, -0.2) is 25.4 Å². The fraction of sp³-hybridized carbons (Fsp3) is 0.333. The van der Waals surface area contributed by atoms with Crippen LogP contribution in [0.5, 0.6) is 5.75 Å². The fourth-order valence-corrected chi connectivity index (χ4v) is 0.968. The van der Waals surface area contributed by atoms with E-state index in [1.165, 1.54) is 0 Å². The smallest absolute Gasteiger partial charge is 0.119 e. The maximum Gasteiger partial charge on any atom is 0.119 e. The zero-order chi connectivity index (χ0) is 9.68. The van der Waals surface area contributed by atoms with Crippen molar-refractivity contribution >= 4 is 5.69 Å². The number of hydrogen-bond acceptors (Lipinski definition) is 4. The molecule has 0 aliphatic heterocycles. The van der Waals surface area contributed by atoms with E-state index in [2.05, 4.69) is 0 Å². The monoisotopic (exact) mass is 182 g/mol. The van der Waals surface area contributed by atoms with Crippen molar-refractivity contribution in [3.8, 4) is 5.75 Å². The highest BCUT2D eigenvalue weighted by atomic mass is 16.5. The molecule has 1 aromatic rings. The summed E-state index contributed by atoms with van der Waals surface area (Å²) in [5.41, 5.74) is 0.523. The van der Waals surface area contributed by atoms with Crippen molar-refractivity contribution in [3.05, 3.63) is 29.5 Å². The Morgan fingerprint density at radius 1 is 1.38 bits per heavy atom. The molecule has 0 saturated carbocycles. The molecule has 0 saturated heterocycles. The maximum atomic E-state index is 11.2. The number of rotatable bonds is 4. The molecule has 0 aromatic heterocycles. The zero-order valence-electron chi connectivity index (χ0n) is 7.43. The summed E-state index contributed by atoms with van der Waals surface area (Å²) in [7, 11) is 1.57. The van der Waals surface area contributed by atoms with Crippen LogP contribution in [0, 0.1) is 5.21 Å². The minimum Gasteiger partial charge on any atom is -0.758 e. The van der Waals surface area contributed by atoms with Crippen LogP contribution in [0.3, 0.4) is 0 Å². The van der Waals surface area contributed by atoms with Crippen LogP contribution in [0.25, 0.3) is 0 Å². The predicted molar refractivity (Wildman–Crippen MR) is 50.8 cm³/mol. The molecule has 0 amide bonds. The molecule has 0 aliphatic carbocycles. The van der Waals surface area contributed by atoms with Crippen LogP contribution in [-0.2, 0) is 0 Å². The number of hydroxylamine groups is 1. The molecular formula is C9H12NO3-. The summed E-state index contributed by atoms with van der Waals surface area (Å²) in [6.07, 6.45) is 0. The third kappa shape index (κ3) is 2.61. The first kappa shape index (κ1) is 9.83. The van der Waals surface area contributed by atoms with Crippen molar-refractivity contribution in [2.24, 2.45) is 0 Å². The minimum absolute atomic E-state index is 0.0896. The normalized spacial score (nSPS) is 9.77. The van der Waals surface area contributed by atoms with Crippen LogP contribution in [0.4, 0.5) is 5.69 Å². The quantitative estimate of drug-likeness (QED) is 0.705. The van der Waals surface area contributed by atoms with E-state index in [1.54, 1.807) is 31.4 Å². The lowest BCUT2D eigenvalue weighted by molar-refractivity contribution is 0.305. The Kier molecular flexibility index (Phi) is 3.54. The number of methoxy groups -OCH3 is 1. The van der Waals surface area contributed by atoms with E-state index in [-0.39, 0.29) is 13.2 Å². The van der Waals surface area contributed by atoms with Crippen LogP contribution in [0.15, 0.2) is 24.3 Å². The second-order valence-electron chi connectivity index (χ2n) is 2.52. The number of ether oxygens (including phenoxy) is 1. The number of anilines is 1. The average molecular weight is 182 g/mol. The van der Waals surface area contributed by atoms with Gasteiger partial charge in [0.25, 0.3) is 0 Å². The van der Waals surface area contributed by atoms with E-state index in [0.717, 1.165) is 5.06 Å². The van der Waals surface area contributed by atoms with E-state index < -0.39 is 0 Å². The molecule has 0 spiro atoms. The average Bonchev–Trinajstić information content (AvgIpc) is 2.18. The summed E-state index contributed by atoms with van der Waals surface area (Å²) < 4.78 is 4.94. The Bertz CT molecular complexity index is 248. The summed E-state index contributed by atoms with van der Waals surface area (Å²) >= 11 is 0. The number of aliphatic hydroxyl groups is 1. The van der Waals surface area contributed by atoms with Gasteiger partial charge in [0, 0.05) is 12.2 Å². The van der Waals surface area contributed by atoms with E-state index in [9.17, 15) is 5.21 Å². The van der Waals surface area contributed by atoms with Crippen molar-refractivity contribution in [1.82, 2.24) is 0 Å². The van der Waals surface area contributed by atoms with Crippen molar-refractivity contribution in [3.63, 3.8) is 0 Å². The molecule has 1 rings (SSSR count). The topological polar surface area (TPSA) is 55.8 Å². The second-order valence-corrected chi connectivity index (χ2v) is 2.52. The molecule has 0 radical (unpaired) electrons. The summed E-state index contributed by atoms with van der Waals surface area (Å²) in [4.78, 5) is 0. The lowest BCUT2D eigenvalue weighted by atomic mass is 10.3. The molecule has 0 atom stereocenters. The number of hydrogen-bond donors (Lipinski definition) is 1. The van der Waals surface area contributed by atoms with Crippen LogP contribution in [0.2, 0.25) is 0 Å². The Morgan fingerprint density at radius 2 is 2.00 bits per heavy atom. The first-order valence-corrected chi connectivity index (χ1v) is 3.97. The summed E-state index contributed by atoms with van der Waals surface area (Å²) in [6.45, 7) is -0.0537. The maximum absolute atomic E-state index is 11.2. The zero-order valence-corrected chi connectivity index (χ0v) is 7.43. The summed E-state index contributed by atoms with van der Waals surface area (Å²) in [5, 5.41) is 20.4. The summed E-state index contributed by atoms with van der Waals surface area (Å²) in [6, 6.07) is 6.72. The van der Waals surface area contributed by atoms with E-state index in [0.29, 0.717) is 11.4 Å². The van der Waals surface area contributed by atoms with Crippen molar-refractivity contribution in [2.75, 3.05) is 25.3 Å². The van der Waals surface area contributed by atoms with Gasteiger partial charge in [0.05, 0.1) is 13.7 Å². The molecule has 1 N–H and O–H groups in total. The van der Waals surface area contributed by atoms with Gasteiger partial charge in [0.1, 0.15) is 5.75 Å². The Labute approximate surface area is 76.9 Å². The third-order valence-corrected chi connectivity index (χ3v) is 1.66. The highest BCUT2D eigenvalue weighted by Gasteiger charge is 1.94. The molecule has 4 nitrogen and oxygen atoms in total. The first-order chi connectivity index (χ1) is 6.27. The number of aliphatic hydroxyl groups excluding tert-OH is 1. The largest absolute Gasteiger partial charge is 0.758 e. The highest BCUT2D eigenvalue weighted by molar-refractivity contribution is 5.49. The van der Waals surface area contributed by atoms with Gasteiger partial charge in [-0.1, -0.05) is 0 Å². The van der Waals surface area contributed by atoms with E-state index >= 15 is 0 Å². The standard InChI is InChI=1S/C9H12NO3/c1-13-9-4-2-8(3-5-9)10(12)6-7-11/h2-5,11H,6-7H2,1H3/q-1. The van der Waals surface area contributed by atoms with Crippen LogP contribution >= 0.6 is 0 Å². The molecule has 0 bridgehead atoms. The van der Waals surface area contributed by atoms with Gasteiger partial charge in [-0.3, -0.25) is 0 Å². The molecule has 1 aromatic carbocycles. The fourth-order valence-electron chi connectivity index (χ4n) is 0.968. The van der Waals surface area contributed by atoms with Gasteiger partial charge in [0.2, 0.25) is 0 Å². The Balaban J connectivity index is 2.67. The SMILES string of the molecule is COc1ccc(N([O-])CCO)cc1. The number of benzene rings is 1. The van der Waals surface area contributed by atoms with Crippen LogP contribution < -0.4 is 9.80 Å². The third-order valence-electron chi connectivity index (χ3n) is 1.66. The van der Waals surface area contributed by atoms with Crippen LogP contribution in [0.1, 0.15) is 0 Å². The molecule has 0 fully saturated rings. The minimum atomic E-state index is -0.143. The molecular weight excluding hydrogens is 170 g/mol. The molecule has 0 unspecified atom stereocenters. The van der Waals surface area contributed by atoms with Gasteiger partial charge in [-0.2, -0.15) is 0 Å². The Hall–Kier alpha value is -1.26. The van der Waals surface area contributed by atoms with E-state index in [4.69, 9.17) is 9.84 Å². The van der Waals surface area contributed by atoms with Crippen molar-refractivity contribution in [2.45, 2.75) is 0 Å². The molecule has 0 aliphatic rings. The lowest BCUT2D eigenvalue weighted by Crippen LogP contribution is -2.18. The highest BCUT2D eigenvalue weighted by Crippen LogP contribution is 2.17. The molecule has 4 heteroatoms. The predicted octanol–water partition coefficient (Wildman–Crippen LogP) is 0.992. The van der Waals surface area contributed by atoms with E-state index in [1.807, 2.05) is 0 Å².